The van der Waals surface area contributed by atoms with Gasteiger partial charge in [-0.05, 0) is 29.7 Å². The summed E-state index contributed by atoms with van der Waals surface area (Å²) < 4.78 is 0. The number of hydrogen-bond donors (Lipinski definition) is 0. The van der Waals surface area contributed by atoms with Gasteiger partial charge in [-0.3, -0.25) is 0 Å². The second-order valence-corrected chi connectivity index (χ2v) is 9.50. The molecule has 1 aliphatic carbocycles. The summed E-state index contributed by atoms with van der Waals surface area (Å²) >= 11 is 0. The van der Waals surface area contributed by atoms with Gasteiger partial charge in [0.2, 0.25) is 5.95 Å². The molecule has 2 heterocycles. The van der Waals surface area contributed by atoms with Gasteiger partial charge in [0.15, 0.2) is 11.6 Å². The van der Waals surface area contributed by atoms with E-state index in [4.69, 9.17) is 15.0 Å². The molecule has 1 aromatic heterocycles. The number of nitrogens with zero attached hydrogens (tertiary/aromatic N) is 4. The maximum Gasteiger partial charge on any atom is 0.234 e. The minimum atomic E-state index is -0.228. The minimum Gasteiger partial charge on any atom is -0.302 e. The van der Waals surface area contributed by atoms with Crippen molar-refractivity contribution in [1.29, 1.82) is 0 Å². The van der Waals surface area contributed by atoms with Crippen molar-refractivity contribution in [1.82, 2.24) is 15.0 Å². The Balaban J connectivity index is 1.47. The maximum atomic E-state index is 5.06. The molecule has 0 spiro atoms. The number of benzene rings is 4. The largest absolute Gasteiger partial charge is 0.302 e. The zero-order valence-electron chi connectivity index (χ0n) is 19.9. The lowest BCUT2D eigenvalue weighted by Crippen LogP contribution is -2.42. The summed E-state index contributed by atoms with van der Waals surface area (Å²) in [6, 6.07) is 37.7. The van der Waals surface area contributed by atoms with Crippen molar-refractivity contribution in [3.05, 3.63) is 132 Å². The van der Waals surface area contributed by atoms with Crippen LogP contribution in [-0.2, 0) is 5.41 Å². The molecule has 5 aromatic rings. The fraction of sp³-hybridized carbons (Fsp3) is 0.0938. The van der Waals surface area contributed by atoms with Crippen molar-refractivity contribution in [2.24, 2.45) is 0 Å². The lowest BCUT2D eigenvalue weighted by molar-refractivity contribution is 0.526. The smallest absolute Gasteiger partial charge is 0.234 e. The zero-order chi connectivity index (χ0) is 24.1. The fourth-order valence-corrected chi connectivity index (χ4v) is 5.72. The minimum absolute atomic E-state index is 0.0412. The second-order valence-electron chi connectivity index (χ2n) is 9.50. The Labute approximate surface area is 210 Å². The third-order valence-corrected chi connectivity index (χ3v) is 7.47. The summed E-state index contributed by atoms with van der Waals surface area (Å²) in [4.78, 5) is 17.3. The number of fused-ring (bicyclic) bond motifs is 5. The van der Waals surface area contributed by atoms with E-state index in [2.05, 4.69) is 72.5 Å². The average molecular weight is 465 g/mol. The third kappa shape index (κ3) is 3.04. The Morgan fingerprint density at radius 2 is 1.17 bits per heavy atom. The van der Waals surface area contributed by atoms with Crippen LogP contribution < -0.4 is 4.90 Å². The molecule has 0 saturated carbocycles. The van der Waals surface area contributed by atoms with Crippen LogP contribution in [0.5, 0.6) is 0 Å². The normalized spacial score (nSPS) is 19.5. The number of aromatic nitrogens is 3. The molecule has 0 amide bonds. The third-order valence-electron chi connectivity index (χ3n) is 7.47. The first kappa shape index (κ1) is 20.8. The second kappa shape index (κ2) is 7.99. The van der Waals surface area contributed by atoms with E-state index in [-0.39, 0.29) is 11.5 Å². The number of rotatable bonds is 3. The van der Waals surface area contributed by atoms with Crippen LogP contribution in [0.15, 0.2) is 115 Å². The van der Waals surface area contributed by atoms with Gasteiger partial charge in [-0.2, -0.15) is 9.97 Å². The van der Waals surface area contributed by atoms with Gasteiger partial charge in [-0.1, -0.05) is 115 Å². The van der Waals surface area contributed by atoms with Crippen LogP contribution >= 0.6 is 0 Å². The molecule has 2 aliphatic rings. The molecule has 0 N–H and O–H groups in total. The first-order valence-electron chi connectivity index (χ1n) is 12.3. The molecule has 4 heteroatoms. The first-order valence-corrected chi connectivity index (χ1v) is 12.3. The number of para-hydroxylation sites is 1. The molecule has 0 bridgehead atoms. The van der Waals surface area contributed by atoms with E-state index in [1.54, 1.807) is 0 Å². The lowest BCUT2D eigenvalue weighted by Gasteiger charge is -2.38. The van der Waals surface area contributed by atoms with E-state index < -0.39 is 0 Å². The lowest BCUT2D eigenvalue weighted by atomic mass is 9.68. The van der Waals surface area contributed by atoms with Gasteiger partial charge in [-0.25, -0.2) is 4.98 Å². The number of hydrogen-bond acceptors (Lipinski definition) is 4. The van der Waals surface area contributed by atoms with E-state index in [0.717, 1.165) is 16.8 Å². The van der Waals surface area contributed by atoms with E-state index >= 15 is 0 Å². The van der Waals surface area contributed by atoms with E-state index in [1.165, 1.54) is 16.7 Å². The first-order chi connectivity index (χ1) is 17.7. The predicted molar refractivity (Wildman–Crippen MR) is 145 cm³/mol. The van der Waals surface area contributed by atoms with Crippen LogP contribution in [0, 0.1) is 0 Å². The van der Waals surface area contributed by atoms with E-state index in [0.29, 0.717) is 17.6 Å². The molecule has 2 unspecified atom stereocenters. The molecule has 2 atom stereocenters. The summed E-state index contributed by atoms with van der Waals surface area (Å²) in [5.41, 5.74) is 6.72. The Morgan fingerprint density at radius 1 is 0.611 bits per heavy atom. The Bertz CT molecular complexity index is 1550. The predicted octanol–water partition coefficient (Wildman–Crippen LogP) is 7.06. The Kier molecular flexibility index (Phi) is 4.61. The van der Waals surface area contributed by atoms with Crippen molar-refractivity contribution in [3.63, 3.8) is 0 Å². The molecule has 0 fully saturated rings. The monoisotopic (exact) mass is 464 g/mol. The van der Waals surface area contributed by atoms with E-state index in [1.807, 2.05) is 60.7 Å². The van der Waals surface area contributed by atoms with Crippen LogP contribution in [0.2, 0.25) is 0 Å². The fourth-order valence-electron chi connectivity index (χ4n) is 5.72. The molecule has 4 nitrogen and oxygen atoms in total. The quantitative estimate of drug-likeness (QED) is 0.287. The molecular weight excluding hydrogens is 440 g/mol. The van der Waals surface area contributed by atoms with Gasteiger partial charge in [0.05, 0.1) is 6.04 Å². The highest BCUT2D eigenvalue weighted by Gasteiger charge is 2.51. The topological polar surface area (TPSA) is 41.9 Å². The summed E-state index contributed by atoms with van der Waals surface area (Å²) in [5.74, 6) is 2.00. The summed E-state index contributed by atoms with van der Waals surface area (Å²) in [6.45, 7) is 2.34. The standard InChI is InChI=1S/C32H24N4/c1-32-25-17-9-8-12-22(25)20-21-28(32)36(27-19-11-10-18-26(27)32)31-34-29(23-13-4-2-5-14-23)33-30(35-31)24-15-6-3-7-16-24/h2-21,28H,1H3. The van der Waals surface area contributed by atoms with Crippen molar-refractivity contribution in [3.8, 4) is 22.8 Å². The van der Waals surface area contributed by atoms with Crippen molar-refractivity contribution >= 4 is 17.7 Å². The van der Waals surface area contributed by atoms with Gasteiger partial charge in [-0.15, -0.1) is 0 Å². The molecule has 0 saturated heterocycles. The highest BCUT2D eigenvalue weighted by atomic mass is 15.3. The van der Waals surface area contributed by atoms with Crippen LogP contribution in [0.25, 0.3) is 28.9 Å². The van der Waals surface area contributed by atoms with Gasteiger partial charge in [0.25, 0.3) is 0 Å². The SMILES string of the molecule is CC12c3ccccc3C=CC1N(c1nc(-c3ccccc3)nc(-c3ccccc3)n1)c1ccccc12. The van der Waals surface area contributed by atoms with Gasteiger partial charge < -0.3 is 4.90 Å². The molecule has 0 radical (unpaired) electrons. The molecule has 1 aliphatic heterocycles. The van der Waals surface area contributed by atoms with Crippen molar-refractivity contribution in [2.75, 3.05) is 4.90 Å². The highest BCUT2D eigenvalue weighted by molar-refractivity contribution is 5.80. The molecule has 7 rings (SSSR count). The maximum absolute atomic E-state index is 5.06. The molecule has 4 aromatic carbocycles. The molecular formula is C32H24N4. The van der Waals surface area contributed by atoms with Crippen LogP contribution in [0.3, 0.4) is 0 Å². The van der Waals surface area contributed by atoms with Gasteiger partial charge in [0.1, 0.15) is 0 Å². The van der Waals surface area contributed by atoms with Crippen LogP contribution in [-0.4, -0.2) is 21.0 Å². The van der Waals surface area contributed by atoms with Crippen molar-refractivity contribution < 1.29 is 0 Å². The molecule has 36 heavy (non-hydrogen) atoms. The van der Waals surface area contributed by atoms with Crippen LogP contribution in [0.1, 0.15) is 23.6 Å². The highest BCUT2D eigenvalue weighted by Crippen LogP contribution is 2.54. The van der Waals surface area contributed by atoms with Gasteiger partial charge >= 0.3 is 0 Å². The average Bonchev–Trinajstić information content (AvgIpc) is 3.23. The Hall–Kier alpha value is -4.57. The summed E-state index contributed by atoms with van der Waals surface area (Å²) in [5, 5.41) is 0. The zero-order valence-corrected chi connectivity index (χ0v) is 19.9. The Morgan fingerprint density at radius 3 is 1.83 bits per heavy atom. The van der Waals surface area contributed by atoms with E-state index in [9.17, 15) is 0 Å². The van der Waals surface area contributed by atoms with Crippen LogP contribution in [0.4, 0.5) is 11.6 Å². The number of anilines is 2. The summed E-state index contributed by atoms with van der Waals surface area (Å²) in [6.07, 6.45) is 4.54. The summed E-state index contributed by atoms with van der Waals surface area (Å²) in [7, 11) is 0. The van der Waals surface area contributed by atoms with Gasteiger partial charge in [0, 0.05) is 22.2 Å². The molecule has 172 valence electrons. The van der Waals surface area contributed by atoms with Crippen molar-refractivity contribution in [2.45, 2.75) is 18.4 Å².